The largest absolute Gasteiger partial charge is 0.472 e. The summed E-state index contributed by atoms with van der Waals surface area (Å²) in [5.41, 5.74) is 2.79. The average molecular weight is 184 g/mol. The van der Waals surface area contributed by atoms with Gasteiger partial charge >= 0.3 is 12.1 Å². The van der Waals surface area contributed by atoms with Crippen molar-refractivity contribution in [3.8, 4) is 0 Å². The molecule has 4 nitrogen and oxygen atoms in total. The summed E-state index contributed by atoms with van der Waals surface area (Å²) in [5, 5.41) is 0. The highest BCUT2D eigenvalue weighted by Crippen LogP contribution is 2.13. The predicted molar refractivity (Wildman–Crippen MR) is 32.6 cm³/mol. The lowest BCUT2D eigenvalue weighted by Crippen LogP contribution is -2.47. The van der Waals surface area contributed by atoms with Crippen LogP contribution in [0.2, 0.25) is 0 Å². The Bertz CT molecular complexity index is 190. The lowest BCUT2D eigenvalue weighted by molar-refractivity contribution is -0.175. The minimum absolute atomic E-state index is 0.00185. The van der Waals surface area contributed by atoms with Crippen molar-refractivity contribution in [3.05, 3.63) is 0 Å². The number of hydrazine groups is 1. The van der Waals surface area contributed by atoms with Crippen LogP contribution in [0.4, 0.5) is 13.2 Å². The number of alkyl halides is 3. The van der Waals surface area contributed by atoms with Gasteiger partial charge in [0.1, 0.15) is 0 Å². The Morgan fingerprint density at radius 3 is 2.08 bits per heavy atom. The molecule has 0 saturated heterocycles. The van der Waals surface area contributed by atoms with Gasteiger partial charge in [0.2, 0.25) is 5.91 Å². The molecule has 0 bridgehead atoms. The Morgan fingerprint density at radius 1 is 1.25 bits per heavy atom. The average Bonchev–Trinajstić information content (AvgIpc) is 1.97. The minimum Gasteiger partial charge on any atom is -0.273 e. The fourth-order valence-electron chi connectivity index (χ4n) is 0.286. The number of amides is 2. The number of halogens is 3. The van der Waals surface area contributed by atoms with Crippen LogP contribution < -0.4 is 10.9 Å². The van der Waals surface area contributed by atoms with E-state index >= 15 is 0 Å². The lowest BCUT2D eigenvalue weighted by Gasteiger charge is -2.07. The van der Waals surface area contributed by atoms with Gasteiger partial charge in [-0.25, -0.2) is 0 Å². The van der Waals surface area contributed by atoms with Gasteiger partial charge in [-0.05, 0) is 0 Å². The Hall–Kier alpha value is -1.27. The molecule has 0 spiro atoms. The van der Waals surface area contributed by atoms with Crippen molar-refractivity contribution in [2.24, 2.45) is 0 Å². The van der Waals surface area contributed by atoms with Gasteiger partial charge in [0.15, 0.2) is 0 Å². The first kappa shape index (κ1) is 10.7. The zero-order chi connectivity index (χ0) is 9.78. The molecule has 0 fully saturated rings. The van der Waals surface area contributed by atoms with Gasteiger partial charge in [0.05, 0.1) is 0 Å². The van der Waals surface area contributed by atoms with Crippen molar-refractivity contribution in [1.82, 2.24) is 10.9 Å². The number of carbonyl (C=O) groups is 2. The van der Waals surface area contributed by atoms with Gasteiger partial charge in [0, 0.05) is 6.42 Å². The molecule has 0 rings (SSSR count). The van der Waals surface area contributed by atoms with Crippen LogP contribution in [0.5, 0.6) is 0 Å². The molecule has 0 heterocycles. The maximum atomic E-state index is 11.4. The van der Waals surface area contributed by atoms with E-state index in [9.17, 15) is 22.8 Å². The van der Waals surface area contributed by atoms with E-state index in [4.69, 9.17) is 0 Å². The van der Waals surface area contributed by atoms with E-state index in [1.807, 2.05) is 0 Å². The Kier molecular flexibility index (Phi) is 3.52. The smallest absolute Gasteiger partial charge is 0.273 e. The van der Waals surface area contributed by atoms with Crippen LogP contribution in [-0.2, 0) is 9.59 Å². The molecule has 0 aromatic heterocycles. The third-order valence-corrected chi connectivity index (χ3v) is 0.894. The molecule has 0 aliphatic heterocycles. The van der Waals surface area contributed by atoms with E-state index in [0.29, 0.717) is 0 Å². The highest BCUT2D eigenvalue weighted by molar-refractivity contribution is 5.85. The molecule has 0 saturated carbocycles. The van der Waals surface area contributed by atoms with E-state index in [2.05, 4.69) is 0 Å². The topological polar surface area (TPSA) is 58.2 Å². The van der Waals surface area contributed by atoms with Crippen molar-refractivity contribution in [2.75, 3.05) is 0 Å². The second-order valence-corrected chi connectivity index (χ2v) is 1.85. The van der Waals surface area contributed by atoms with Gasteiger partial charge in [-0.2, -0.15) is 13.2 Å². The molecular formula is C5H7F3N2O2. The molecule has 0 aromatic rings. The fraction of sp³-hybridized carbons (Fsp3) is 0.600. The first-order valence-electron chi connectivity index (χ1n) is 3.04. The summed E-state index contributed by atoms with van der Waals surface area (Å²) < 4.78 is 34.3. The monoisotopic (exact) mass is 184 g/mol. The van der Waals surface area contributed by atoms with Gasteiger partial charge in [-0.15, -0.1) is 0 Å². The first-order valence-corrected chi connectivity index (χ1v) is 3.04. The van der Waals surface area contributed by atoms with E-state index in [-0.39, 0.29) is 6.42 Å². The van der Waals surface area contributed by atoms with Gasteiger partial charge in [-0.1, -0.05) is 6.92 Å². The predicted octanol–water partition coefficient (Wildman–Crippen LogP) is 0.106. The molecule has 0 aliphatic carbocycles. The third-order valence-electron chi connectivity index (χ3n) is 0.894. The molecule has 0 aliphatic rings. The van der Waals surface area contributed by atoms with Gasteiger partial charge in [0.25, 0.3) is 0 Å². The van der Waals surface area contributed by atoms with Crippen LogP contribution in [0.3, 0.4) is 0 Å². The van der Waals surface area contributed by atoms with Gasteiger partial charge in [-0.3, -0.25) is 20.4 Å². The van der Waals surface area contributed by atoms with Crippen LogP contribution >= 0.6 is 0 Å². The Morgan fingerprint density at radius 2 is 1.75 bits per heavy atom. The zero-order valence-corrected chi connectivity index (χ0v) is 6.16. The van der Waals surface area contributed by atoms with Crippen molar-refractivity contribution in [2.45, 2.75) is 19.5 Å². The molecule has 2 amide bonds. The second-order valence-electron chi connectivity index (χ2n) is 1.85. The van der Waals surface area contributed by atoms with Crippen LogP contribution in [0.15, 0.2) is 0 Å². The number of nitrogens with one attached hydrogen (secondary N) is 2. The van der Waals surface area contributed by atoms with Crippen LogP contribution in [0.1, 0.15) is 13.3 Å². The molecular weight excluding hydrogens is 177 g/mol. The Labute approximate surface area is 66.1 Å². The molecule has 0 atom stereocenters. The standard InChI is InChI=1S/C5H7F3N2O2/c1-2-3(11)9-10-4(12)5(6,7)8/h2H2,1H3,(H,9,11)(H,10,12). The number of hydrogen-bond donors (Lipinski definition) is 2. The summed E-state index contributed by atoms with van der Waals surface area (Å²) in [6, 6.07) is 0. The van der Waals surface area contributed by atoms with E-state index in [1.165, 1.54) is 12.3 Å². The Balaban J connectivity index is 3.81. The van der Waals surface area contributed by atoms with E-state index in [1.54, 1.807) is 5.43 Å². The van der Waals surface area contributed by atoms with Crippen LogP contribution in [-0.4, -0.2) is 18.0 Å². The van der Waals surface area contributed by atoms with Crippen LogP contribution in [0.25, 0.3) is 0 Å². The minimum atomic E-state index is -4.97. The molecule has 12 heavy (non-hydrogen) atoms. The van der Waals surface area contributed by atoms with Crippen molar-refractivity contribution >= 4 is 11.8 Å². The summed E-state index contributed by atoms with van der Waals surface area (Å²) in [6.07, 6.45) is -4.97. The quantitative estimate of drug-likeness (QED) is 0.568. The lowest BCUT2D eigenvalue weighted by atomic mass is 10.5. The normalized spacial score (nSPS) is 10.7. The SMILES string of the molecule is CCC(=O)NNC(=O)C(F)(F)F. The highest BCUT2D eigenvalue weighted by Gasteiger charge is 2.38. The molecule has 70 valence electrons. The molecule has 2 N–H and O–H groups in total. The van der Waals surface area contributed by atoms with Crippen molar-refractivity contribution in [3.63, 3.8) is 0 Å². The summed E-state index contributed by atoms with van der Waals surface area (Å²) >= 11 is 0. The summed E-state index contributed by atoms with van der Waals surface area (Å²) in [4.78, 5) is 20.4. The fourth-order valence-corrected chi connectivity index (χ4v) is 0.286. The van der Waals surface area contributed by atoms with Crippen LogP contribution in [0, 0.1) is 0 Å². The number of carbonyl (C=O) groups excluding carboxylic acids is 2. The zero-order valence-electron chi connectivity index (χ0n) is 6.16. The first-order chi connectivity index (χ1) is 5.38. The summed E-state index contributed by atoms with van der Waals surface area (Å²) in [6.45, 7) is 1.44. The third kappa shape index (κ3) is 3.79. The summed E-state index contributed by atoms with van der Waals surface area (Å²) in [5.74, 6) is -2.88. The van der Waals surface area contributed by atoms with E-state index < -0.39 is 18.0 Å². The maximum absolute atomic E-state index is 11.4. The maximum Gasteiger partial charge on any atom is 0.472 e. The number of hydrogen-bond acceptors (Lipinski definition) is 2. The summed E-state index contributed by atoms with van der Waals surface area (Å²) in [7, 11) is 0. The van der Waals surface area contributed by atoms with E-state index in [0.717, 1.165) is 0 Å². The second kappa shape index (κ2) is 3.93. The molecule has 0 radical (unpaired) electrons. The molecule has 0 unspecified atom stereocenters. The van der Waals surface area contributed by atoms with Gasteiger partial charge < -0.3 is 0 Å². The number of rotatable bonds is 1. The van der Waals surface area contributed by atoms with Crippen molar-refractivity contribution in [1.29, 1.82) is 0 Å². The molecule has 7 heteroatoms. The molecule has 0 aromatic carbocycles. The highest BCUT2D eigenvalue weighted by atomic mass is 19.4. The van der Waals surface area contributed by atoms with Crippen molar-refractivity contribution < 1.29 is 22.8 Å².